The second-order valence-corrected chi connectivity index (χ2v) is 5.51. The molecule has 2 N–H and O–H groups in total. The minimum Gasteiger partial charge on any atom is -0.397 e. The second-order valence-electron chi connectivity index (χ2n) is 4.43. The van der Waals surface area contributed by atoms with E-state index in [4.69, 9.17) is 5.73 Å². The topological polar surface area (TPSA) is 38.4 Å². The van der Waals surface area contributed by atoms with E-state index in [1.807, 2.05) is 30.1 Å². The third kappa shape index (κ3) is 4.08. The lowest BCUT2D eigenvalue weighted by Crippen LogP contribution is -2.00. The number of benzene rings is 1. The van der Waals surface area contributed by atoms with Gasteiger partial charge in [-0.15, -0.1) is 0 Å². The van der Waals surface area contributed by atoms with Gasteiger partial charge >= 0.3 is 0 Å². The Morgan fingerprint density at radius 2 is 2.12 bits per heavy atom. The van der Waals surface area contributed by atoms with Gasteiger partial charge in [0.2, 0.25) is 0 Å². The number of aliphatic imine (C=N–C) groups is 1. The van der Waals surface area contributed by atoms with Gasteiger partial charge in [-0.25, -0.2) is 0 Å². The highest BCUT2D eigenvalue weighted by molar-refractivity contribution is 7.99. The van der Waals surface area contributed by atoms with Crippen LogP contribution in [0.25, 0.3) is 0 Å². The maximum Gasteiger partial charge on any atom is 0.0855 e. The van der Waals surface area contributed by atoms with Gasteiger partial charge in [-0.05, 0) is 36.3 Å². The zero-order chi connectivity index (χ0) is 12.8. The molecule has 94 valence electrons. The highest BCUT2D eigenvalue weighted by Gasteiger charge is 2.04. The standard InChI is InChI=1S/C14H22N2S/c1-5-12(17-4)9-16-14-7-6-11(10(2)3)8-13(14)15/h6-10,12H,5,15H2,1-4H3/b16-9-. The molecule has 0 bridgehead atoms. The van der Waals surface area contributed by atoms with E-state index in [-0.39, 0.29) is 0 Å². The van der Waals surface area contributed by atoms with Crippen LogP contribution >= 0.6 is 11.8 Å². The number of anilines is 1. The summed E-state index contributed by atoms with van der Waals surface area (Å²) in [7, 11) is 0. The Bertz CT molecular complexity index is 382. The largest absolute Gasteiger partial charge is 0.397 e. The molecule has 1 aromatic carbocycles. The lowest BCUT2D eigenvalue weighted by Gasteiger charge is -2.09. The van der Waals surface area contributed by atoms with E-state index in [0.29, 0.717) is 11.2 Å². The summed E-state index contributed by atoms with van der Waals surface area (Å²) in [6.45, 7) is 6.50. The highest BCUT2D eigenvalue weighted by atomic mass is 32.2. The van der Waals surface area contributed by atoms with Crippen LogP contribution in [0.3, 0.4) is 0 Å². The number of nitrogens with zero attached hydrogens (tertiary/aromatic N) is 1. The van der Waals surface area contributed by atoms with Gasteiger partial charge in [-0.3, -0.25) is 4.99 Å². The third-order valence-corrected chi connectivity index (χ3v) is 3.86. The molecule has 0 aliphatic heterocycles. The van der Waals surface area contributed by atoms with Gasteiger partial charge < -0.3 is 5.73 Å². The van der Waals surface area contributed by atoms with Gasteiger partial charge in [0.15, 0.2) is 0 Å². The number of thioether (sulfide) groups is 1. The van der Waals surface area contributed by atoms with E-state index in [1.165, 1.54) is 5.56 Å². The van der Waals surface area contributed by atoms with E-state index in [0.717, 1.165) is 17.8 Å². The van der Waals surface area contributed by atoms with Gasteiger partial charge in [-0.2, -0.15) is 11.8 Å². The summed E-state index contributed by atoms with van der Waals surface area (Å²) in [5.41, 5.74) is 8.91. The van der Waals surface area contributed by atoms with Crippen molar-refractivity contribution in [3.8, 4) is 0 Å². The van der Waals surface area contributed by atoms with Crippen LogP contribution in [-0.2, 0) is 0 Å². The summed E-state index contributed by atoms with van der Waals surface area (Å²) >= 11 is 1.81. The van der Waals surface area contributed by atoms with Crippen LogP contribution in [0.2, 0.25) is 0 Å². The van der Waals surface area contributed by atoms with Crippen LogP contribution in [0.5, 0.6) is 0 Å². The molecule has 1 atom stereocenters. The van der Waals surface area contributed by atoms with Gasteiger partial charge in [0.25, 0.3) is 0 Å². The fourth-order valence-corrected chi connectivity index (χ4v) is 2.06. The molecule has 0 aliphatic rings. The average molecular weight is 250 g/mol. The Balaban J connectivity index is 2.86. The average Bonchev–Trinajstić information content (AvgIpc) is 2.31. The minimum absolute atomic E-state index is 0.471. The number of hydrogen-bond donors (Lipinski definition) is 1. The van der Waals surface area contributed by atoms with Crippen molar-refractivity contribution in [3.05, 3.63) is 23.8 Å². The van der Waals surface area contributed by atoms with E-state index in [9.17, 15) is 0 Å². The Morgan fingerprint density at radius 3 is 2.59 bits per heavy atom. The number of nitrogen functional groups attached to an aromatic ring is 1. The Labute approximate surface area is 109 Å². The maximum absolute atomic E-state index is 6.01. The first kappa shape index (κ1) is 14.1. The second kappa shape index (κ2) is 6.70. The van der Waals surface area contributed by atoms with Crippen molar-refractivity contribution in [3.63, 3.8) is 0 Å². The predicted octanol–water partition coefficient (Wildman–Crippen LogP) is 4.24. The van der Waals surface area contributed by atoms with Crippen molar-refractivity contribution < 1.29 is 0 Å². The van der Waals surface area contributed by atoms with Crippen molar-refractivity contribution >= 4 is 29.4 Å². The van der Waals surface area contributed by atoms with Crippen LogP contribution in [0.15, 0.2) is 23.2 Å². The molecule has 0 saturated heterocycles. The molecule has 0 saturated carbocycles. The number of rotatable bonds is 5. The number of nitrogens with two attached hydrogens (primary N) is 1. The molecule has 3 heteroatoms. The molecular formula is C14H22N2S. The molecule has 2 nitrogen and oxygen atoms in total. The molecule has 0 aromatic heterocycles. The van der Waals surface area contributed by atoms with E-state index in [1.54, 1.807) is 0 Å². The van der Waals surface area contributed by atoms with Crippen LogP contribution in [-0.4, -0.2) is 17.7 Å². The Morgan fingerprint density at radius 1 is 1.41 bits per heavy atom. The van der Waals surface area contributed by atoms with Gasteiger partial charge in [0, 0.05) is 11.5 Å². The van der Waals surface area contributed by atoms with Crippen LogP contribution in [0, 0.1) is 0 Å². The summed E-state index contributed by atoms with van der Waals surface area (Å²) in [4.78, 5) is 4.48. The SMILES string of the molecule is CCC(/C=N\c1ccc(C(C)C)cc1N)SC. The Hall–Kier alpha value is -0.960. The van der Waals surface area contributed by atoms with Crippen molar-refractivity contribution in [1.82, 2.24) is 0 Å². The molecule has 0 amide bonds. The van der Waals surface area contributed by atoms with Crippen LogP contribution in [0.4, 0.5) is 11.4 Å². The molecule has 17 heavy (non-hydrogen) atoms. The predicted molar refractivity (Wildman–Crippen MR) is 80.7 cm³/mol. The smallest absolute Gasteiger partial charge is 0.0855 e. The van der Waals surface area contributed by atoms with Crippen molar-refractivity contribution in [1.29, 1.82) is 0 Å². The monoisotopic (exact) mass is 250 g/mol. The zero-order valence-electron chi connectivity index (χ0n) is 11.1. The molecule has 0 spiro atoms. The molecule has 0 fully saturated rings. The van der Waals surface area contributed by atoms with Crippen molar-refractivity contribution in [2.24, 2.45) is 4.99 Å². The molecular weight excluding hydrogens is 228 g/mol. The number of hydrogen-bond acceptors (Lipinski definition) is 3. The molecule has 1 rings (SSSR count). The van der Waals surface area contributed by atoms with Gasteiger partial charge in [-0.1, -0.05) is 26.8 Å². The van der Waals surface area contributed by atoms with Crippen LogP contribution < -0.4 is 5.73 Å². The lowest BCUT2D eigenvalue weighted by molar-refractivity contribution is 0.867. The lowest BCUT2D eigenvalue weighted by atomic mass is 10.0. The normalized spacial score (nSPS) is 13.5. The van der Waals surface area contributed by atoms with E-state index < -0.39 is 0 Å². The van der Waals surface area contributed by atoms with Crippen molar-refractivity contribution in [2.45, 2.75) is 38.4 Å². The summed E-state index contributed by atoms with van der Waals surface area (Å²) < 4.78 is 0. The fraction of sp³-hybridized carbons (Fsp3) is 0.500. The van der Waals surface area contributed by atoms with Crippen LogP contribution in [0.1, 0.15) is 38.7 Å². The first-order chi connectivity index (χ1) is 8.08. The maximum atomic E-state index is 6.01. The molecule has 0 heterocycles. The Kier molecular flexibility index (Phi) is 5.56. The summed E-state index contributed by atoms with van der Waals surface area (Å²) in [5.74, 6) is 0.505. The molecule has 0 radical (unpaired) electrons. The quantitative estimate of drug-likeness (QED) is 0.627. The first-order valence-electron chi connectivity index (χ1n) is 6.04. The van der Waals surface area contributed by atoms with Gasteiger partial charge in [0.05, 0.1) is 11.4 Å². The van der Waals surface area contributed by atoms with Gasteiger partial charge in [0.1, 0.15) is 0 Å². The van der Waals surface area contributed by atoms with E-state index in [2.05, 4.69) is 38.1 Å². The third-order valence-electron chi connectivity index (χ3n) is 2.80. The fourth-order valence-electron chi connectivity index (χ4n) is 1.55. The molecule has 0 aliphatic carbocycles. The summed E-state index contributed by atoms with van der Waals surface area (Å²) in [5, 5.41) is 0.471. The molecule has 1 unspecified atom stereocenters. The summed E-state index contributed by atoms with van der Waals surface area (Å²) in [6, 6.07) is 6.14. The zero-order valence-corrected chi connectivity index (χ0v) is 11.9. The first-order valence-corrected chi connectivity index (χ1v) is 7.33. The van der Waals surface area contributed by atoms with Crippen molar-refractivity contribution in [2.75, 3.05) is 12.0 Å². The highest BCUT2D eigenvalue weighted by Crippen LogP contribution is 2.26. The summed E-state index contributed by atoms with van der Waals surface area (Å²) in [6.07, 6.45) is 5.19. The van der Waals surface area contributed by atoms with E-state index >= 15 is 0 Å². The minimum atomic E-state index is 0.471. The molecule has 1 aromatic rings.